The molecule has 0 aliphatic carbocycles. The molecule has 0 bridgehead atoms. The molecule has 2 aliphatic heterocycles. The first-order valence-corrected chi connectivity index (χ1v) is 7.48. The highest BCUT2D eigenvalue weighted by Gasteiger charge is 2.45. The summed E-state index contributed by atoms with van der Waals surface area (Å²) in [6, 6.07) is 1.58. The third-order valence-electron chi connectivity index (χ3n) is 4.29. The maximum atomic E-state index is 14.9. The third kappa shape index (κ3) is 2.85. The van der Waals surface area contributed by atoms with Gasteiger partial charge in [0.15, 0.2) is 5.67 Å². The second kappa shape index (κ2) is 6.08. The zero-order valence-electron chi connectivity index (χ0n) is 12.3. The second-order valence-corrected chi connectivity index (χ2v) is 5.67. The van der Waals surface area contributed by atoms with Gasteiger partial charge in [0.05, 0.1) is 25.0 Å². The molecule has 0 aromatic carbocycles. The van der Waals surface area contributed by atoms with E-state index in [1.807, 2.05) is 0 Å². The Balaban J connectivity index is 1.60. The van der Waals surface area contributed by atoms with Gasteiger partial charge in [-0.1, -0.05) is 0 Å². The number of likely N-dealkylation sites (tertiary alicyclic amines) is 1. The molecule has 2 saturated heterocycles. The third-order valence-corrected chi connectivity index (χ3v) is 4.29. The zero-order valence-corrected chi connectivity index (χ0v) is 12.3. The van der Waals surface area contributed by atoms with E-state index in [1.165, 1.54) is 17.4 Å². The summed E-state index contributed by atoms with van der Waals surface area (Å²) in [6.07, 6.45) is 2.87. The number of ether oxygens (including phenoxy) is 1. The first-order chi connectivity index (χ1) is 10.6. The Hall–Kier alpha value is -1.89. The van der Waals surface area contributed by atoms with Crippen LogP contribution in [-0.2, 0) is 9.53 Å². The van der Waals surface area contributed by atoms with Crippen LogP contribution >= 0.6 is 0 Å². The molecule has 2 fully saturated rings. The summed E-state index contributed by atoms with van der Waals surface area (Å²) in [7, 11) is 0. The average molecular weight is 310 g/mol. The first kappa shape index (κ1) is 15.0. The van der Waals surface area contributed by atoms with Gasteiger partial charge in [-0.05, 0) is 6.07 Å². The van der Waals surface area contributed by atoms with Crippen LogP contribution in [0.1, 0.15) is 23.2 Å². The number of nitrogens with zero attached hydrogens (tertiary/aromatic N) is 2. The van der Waals surface area contributed by atoms with Crippen molar-refractivity contribution in [1.82, 2.24) is 9.80 Å². The number of carbonyl (C=O) groups excluding carboxylic acids is 2. The molecule has 1 aromatic rings. The van der Waals surface area contributed by atoms with Crippen LogP contribution in [0.2, 0.25) is 0 Å². The van der Waals surface area contributed by atoms with Gasteiger partial charge in [-0.2, -0.15) is 0 Å². The number of furan rings is 1. The van der Waals surface area contributed by atoms with E-state index < -0.39 is 11.6 Å². The van der Waals surface area contributed by atoms with Gasteiger partial charge in [0, 0.05) is 39.0 Å². The van der Waals surface area contributed by atoms with E-state index in [1.54, 1.807) is 11.0 Å². The van der Waals surface area contributed by atoms with Crippen LogP contribution in [-0.4, -0.2) is 66.7 Å². The summed E-state index contributed by atoms with van der Waals surface area (Å²) < 4.78 is 25.0. The van der Waals surface area contributed by atoms with Crippen LogP contribution in [0.15, 0.2) is 23.0 Å². The highest BCUT2D eigenvalue weighted by Crippen LogP contribution is 2.30. The van der Waals surface area contributed by atoms with Crippen molar-refractivity contribution in [1.29, 1.82) is 0 Å². The van der Waals surface area contributed by atoms with Crippen LogP contribution in [0, 0.1) is 0 Å². The Morgan fingerprint density at radius 3 is 2.36 bits per heavy atom. The quantitative estimate of drug-likeness (QED) is 0.820. The fourth-order valence-corrected chi connectivity index (χ4v) is 2.90. The number of amides is 2. The second-order valence-electron chi connectivity index (χ2n) is 5.67. The molecule has 0 N–H and O–H groups in total. The monoisotopic (exact) mass is 310 g/mol. The number of alkyl halides is 1. The smallest absolute Gasteiger partial charge is 0.260 e. The van der Waals surface area contributed by atoms with E-state index >= 15 is 0 Å². The molecule has 0 atom stereocenters. The van der Waals surface area contributed by atoms with Crippen LogP contribution in [0.25, 0.3) is 0 Å². The van der Waals surface area contributed by atoms with Crippen LogP contribution in [0.5, 0.6) is 0 Å². The fourth-order valence-electron chi connectivity index (χ4n) is 2.90. The molecule has 2 aliphatic rings. The summed E-state index contributed by atoms with van der Waals surface area (Å²) in [5, 5.41) is 0. The molecular formula is C15H19FN2O4. The molecule has 22 heavy (non-hydrogen) atoms. The van der Waals surface area contributed by atoms with Crippen molar-refractivity contribution >= 4 is 11.8 Å². The summed E-state index contributed by atoms with van der Waals surface area (Å²) >= 11 is 0. The van der Waals surface area contributed by atoms with Crippen molar-refractivity contribution in [2.75, 3.05) is 39.4 Å². The van der Waals surface area contributed by atoms with Gasteiger partial charge >= 0.3 is 0 Å². The van der Waals surface area contributed by atoms with Gasteiger partial charge in [0.2, 0.25) is 0 Å². The Kier molecular flexibility index (Phi) is 4.15. The molecule has 2 amide bonds. The lowest BCUT2D eigenvalue weighted by Gasteiger charge is -2.39. The number of rotatable bonds is 2. The fraction of sp³-hybridized carbons (Fsp3) is 0.600. The molecule has 120 valence electrons. The minimum Gasteiger partial charge on any atom is -0.472 e. The van der Waals surface area contributed by atoms with Crippen molar-refractivity contribution in [3.05, 3.63) is 24.2 Å². The Morgan fingerprint density at radius 2 is 1.77 bits per heavy atom. The Morgan fingerprint density at radius 1 is 1.09 bits per heavy atom. The molecule has 1 aromatic heterocycles. The summed E-state index contributed by atoms with van der Waals surface area (Å²) in [4.78, 5) is 27.6. The normalized spacial score (nSPS) is 21.7. The molecule has 3 rings (SSSR count). The minimum atomic E-state index is -1.87. The maximum absolute atomic E-state index is 14.9. The van der Waals surface area contributed by atoms with E-state index in [2.05, 4.69) is 0 Å². The Labute approximate surface area is 127 Å². The predicted molar refractivity (Wildman–Crippen MR) is 75.1 cm³/mol. The molecule has 0 radical (unpaired) electrons. The van der Waals surface area contributed by atoms with E-state index in [0.29, 0.717) is 31.9 Å². The van der Waals surface area contributed by atoms with E-state index in [0.717, 1.165) is 0 Å². The molecule has 0 saturated carbocycles. The van der Waals surface area contributed by atoms with Crippen LogP contribution in [0.4, 0.5) is 4.39 Å². The molecule has 0 spiro atoms. The number of piperidine rings is 1. The number of hydrogen-bond acceptors (Lipinski definition) is 4. The minimum absolute atomic E-state index is 0.0345. The summed E-state index contributed by atoms with van der Waals surface area (Å²) in [5.74, 6) is -0.652. The van der Waals surface area contributed by atoms with Gasteiger partial charge in [0.25, 0.3) is 11.8 Å². The van der Waals surface area contributed by atoms with Gasteiger partial charge in [-0.25, -0.2) is 4.39 Å². The SMILES string of the molecule is O=C(c1ccoc1)N1CCC(F)(C(=O)N2CCOCC2)CC1. The lowest BCUT2D eigenvalue weighted by atomic mass is 9.91. The molecule has 3 heterocycles. The van der Waals surface area contributed by atoms with Gasteiger partial charge in [-0.3, -0.25) is 9.59 Å². The van der Waals surface area contributed by atoms with Crippen molar-refractivity contribution in [2.45, 2.75) is 18.5 Å². The van der Waals surface area contributed by atoms with Crippen molar-refractivity contribution in [2.24, 2.45) is 0 Å². The topological polar surface area (TPSA) is 63.0 Å². The zero-order chi connectivity index (χ0) is 15.6. The highest BCUT2D eigenvalue weighted by atomic mass is 19.1. The number of hydrogen-bond donors (Lipinski definition) is 0. The number of morpholine rings is 1. The van der Waals surface area contributed by atoms with E-state index in [-0.39, 0.29) is 31.8 Å². The molecule has 6 nitrogen and oxygen atoms in total. The molecule has 7 heteroatoms. The summed E-state index contributed by atoms with van der Waals surface area (Å²) in [5.41, 5.74) is -1.42. The van der Waals surface area contributed by atoms with Crippen molar-refractivity contribution in [3.63, 3.8) is 0 Å². The maximum Gasteiger partial charge on any atom is 0.260 e. The van der Waals surface area contributed by atoms with E-state index in [9.17, 15) is 14.0 Å². The highest BCUT2D eigenvalue weighted by molar-refractivity contribution is 5.94. The van der Waals surface area contributed by atoms with Crippen LogP contribution < -0.4 is 0 Å². The lowest BCUT2D eigenvalue weighted by Crippen LogP contribution is -2.55. The largest absolute Gasteiger partial charge is 0.472 e. The lowest BCUT2D eigenvalue weighted by molar-refractivity contribution is -0.151. The van der Waals surface area contributed by atoms with Crippen molar-refractivity contribution in [3.8, 4) is 0 Å². The average Bonchev–Trinajstić information content (AvgIpc) is 3.09. The number of halogens is 1. The first-order valence-electron chi connectivity index (χ1n) is 7.48. The summed E-state index contributed by atoms with van der Waals surface area (Å²) in [6.45, 7) is 2.23. The predicted octanol–water partition coefficient (Wildman–Crippen LogP) is 1.08. The van der Waals surface area contributed by atoms with E-state index in [4.69, 9.17) is 9.15 Å². The standard InChI is InChI=1S/C15H19FN2O4/c16-15(14(20)18-6-9-21-10-7-18)2-4-17(5-3-15)13(19)12-1-8-22-11-12/h1,8,11H,2-7,9-10H2. The Bertz CT molecular complexity index is 532. The van der Waals surface area contributed by atoms with Gasteiger partial charge < -0.3 is 19.0 Å². The van der Waals surface area contributed by atoms with Gasteiger partial charge in [-0.15, -0.1) is 0 Å². The number of carbonyl (C=O) groups is 2. The molecular weight excluding hydrogens is 291 g/mol. The van der Waals surface area contributed by atoms with Gasteiger partial charge in [0.1, 0.15) is 6.26 Å². The van der Waals surface area contributed by atoms with Crippen molar-refractivity contribution < 1.29 is 23.1 Å². The molecule has 0 unspecified atom stereocenters. The van der Waals surface area contributed by atoms with Crippen LogP contribution in [0.3, 0.4) is 0 Å².